The van der Waals surface area contributed by atoms with E-state index in [4.69, 9.17) is 0 Å². The quantitative estimate of drug-likeness (QED) is 0.619. The van der Waals surface area contributed by atoms with Crippen LogP contribution in [-0.4, -0.2) is 26.8 Å². The normalized spacial score (nSPS) is 10.2. The number of hydrogen-bond donors (Lipinski definition) is 2. The Labute approximate surface area is 114 Å². The van der Waals surface area contributed by atoms with Gasteiger partial charge < -0.3 is 0 Å². The fourth-order valence-corrected chi connectivity index (χ4v) is 2.95. The van der Waals surface area contributed by atoms with Gasteiger partial charge in [-0.15, -0.1) is 0 Å². The topological polar surface area (TPSA) is 58.2 Å². The molecule has 5 heteroatoms. The van der Waals surface area contributed by atoms with E-state index in [9.17, 15) is 9.59 Å². The maximum absolute atomic E-state index is 11.4. The van der Waals surface area contributed by atoms with Gasteiger partial charge in [0.2, 0.25) is 0 Å². The molecule has 0 aliphatic rings. The molecule has 0 atom stereocenters. The van der Waals surface area contributed by atoms with E-state index in [-0.39, 0.29) is 17.7 Å². The number of carbonyl (C=O) groups excluding carboxylic acids is 2. The summed E-state index contributed by atoms with van der Waals surface area (Å²) in [5.74, 6) is -0.433. The zero-order valence-corrected chi connectivity index (χ0v) is 12.3. The Hall–Kier alpha value is -1.32. The average molecular weight is 313 g/mol. The molecule has 0 aromatic heterocycles. The predicted molar refractivity (Wildman–Crippen MR) is 72.4 cm³/mol. The van der Waals surface area contributed by atoms with Crippen molar-refractivity contribution in [2.24, 2.45) is 5.92 Å². The molecule has 1 aromatic carbocycles. The van der Waals surface area contributed by atoms with Gasteiger partial charge in [-0.1, -0.05) is 0 Å². The molecular formula is C13H18N2O2Se. The Morgan fingerprint density at radius 3 is 2.44 bits per heavy atom. The minimum absolute atomic E-state index is 0.126. The molecule has 1 aromatic rings. The summed E-state index contributed by atoms with van der Waals surface area (Å²) in [7, 11) is 0. The predicted octanol–water partition coefficient (Wildman–Crippen LogP) is 0.628. The molecule has 0 heterocycles. The standard InChI is InChI=1S/C13H18N2O2Se/c1-10(2)13(17)15-14-12(16)8-9-18-11-6-4-3-5-7-11/h3-7,10H,8-9H2,1-2H3,(H,14,16)(H,15,17). The second-order valence-electron chi connectivity index (χ2n) is 4.10. The zero-order valence-electron chi connectivity index (χ0n) is 10.6. The fourth-order valence-electron chi connectivity index (χ4n) is 1.12. The number of amides is 2. The zero-order chi connectivity index (χ0) is 13.4. The van der Waals surface area contributed by atoms with Crippen LogP contribution in [0.1, 0.15) is 20.3 Å². The SMILES string of the molecule is CC(C)C(=O)NNC(=O)CC[Se]c1ccccc1. The van der Waals surface area contributed by atoms with Gasteiger partial charge in [0.15, 0.2) is 0 Å². The summed E-state index contributed by atoms with van der Waals surface area (Å²) in [6.45, 7) is 3.56. The summed E-state index contributed by atoms with van der Waals surface area (Å²) in [5.41, 5.74) is 4.82. The van der Waals surface area contributed by atoms with Crippen molar-refractivity contribution in [1.82, 2.24) is 10.9 Å². The van der Waals surface area contributed by atoms with Gasteiger partial charge in [-0.3, -0.25) is 0 Å². The van der Waals surface area contributed by atoms with Crippen LogP contribution in [0.3, 0.4) is 0 Å². The third-order valence-electron chi connectivity index (χ3n) is 2.19. The summed E-state index contributed by atoms with van der Waals surface area (Å²) in [6.07, 6.45) is 0.438. The Morgan fingerprint density at radius 1 is 1.17 bits per heavy atom. The van der Waals surface area contributed by atoms with Crippen molar-refractivity contribution in [1.29, 1.82) is 0 Å². The van der Waals surface area contributed by atoms with Gasteiger partial charge >= 0.3 is 114 Å². The van der Waals surface area contributed by atoms with E-state index in [1.54, 1.807) is 13.8 Å². The van der Waals surface area contributed by atoms with Gasteiger partial charge in [0.1, 0.15) is 0 Å². The summed E-state index contributed by atoms with van der Waals surface area (Å²) in [6, 6.07) is 10.1. The van der Waals surface area contributed by atoms with Gasteiger partial charge in [-0.05, 0) is 0 Å². The Balaban J connectivity index is 2.16. The van der Waals surface area contributed by atoms with Crippen LogP contribution in [-0.2, 0) is 9.59 Å². The van der Waals surface area contributed by atoms with Gasteiger partial charge in [-0.2, -0.15) is 0 Å². The molecule has 0 spiro atoms. The summed E-state index contributed by atoms with van der Waals surface area (Å²) in [4.78, 5) is 22.7. The first-order chi connectivity index (χ1) is 8.59. The van der Waals surface area contributed by atoms with Gasteiger partial charge in [0.25, 0.3) is 0 Å². The molecule has 2 N–H and O–H groups in total. The fraction of sp³-hybridized carbons (Fsp3) is 0.385. The first-order valence-corrected chi connectivity index (χ1v) is 7.93. The van der Waals surface area contributed by atoms with Crippen LogP contribution in [0.4, 0.5) is 0 Å². The third-order valence-corrected chi connectivity index (χ3v) is 4.32. The Bertz CT molecular complexity index is 393. The monoisotopic (exact) mass is 314 g/mol. The molecule has 4 nitrogen and oxygen atoms in total. The molecule has 0 saturated carbocycles. The van der Waals surface area contributed by atoms with Gasteiger partial charge in [-0.25, -0.2) is 0 Å². The second-order valence-corrected chi connectivity index (χ2v) is 6.55. The van der Waals surface area contributed by atoms with Crippen molar-refractivity contribution in [2.45, 2.75) is 25.6 Å². The molecule has 98 valence electrons. The molecule has 0 unspecified atom stereocenters. The van der Waals surface area contributed by atoms with E-state index in [1.165, 1.54) is 4.46 Å². The molecule has 2 amide bonds. The van der Waals surface area contributed by atoms with Crippen molar-refractivity contribution in [2.75, 3.05) is 0 Å². The number of benzene rings is 1. The van der Waals surface area contributed by atoms with Crippen LogP contribution in [0, 0.1) is 5.92 Å². The van der Waals surface area contributed by atoms with Crippen molar-refractivity contribution in [3.05, 3.63) is 30.3 Å². The molecule has 0 aliphatic carbocycles. The van der Waals surface area contributed by atoms with Crippen molar-refractivity contribution < 1.29 is 9.59 Å². The van der Waals surface area contributed by atoms with Gasteiger partial charge in [0, 0.05) is 0 Å². The summed E-state index contributed by atoms with van der Waals surface area (Å²) in [5, 5.41) is 0.834. The van der Waals surface area contributed by atoms with E-state index in [1.807, 2.05) is 18.2 Å². The van der Waals surface area contributed by atoms with E-state index < -0.39 is 0 Å². The number of nitrogens with one attached hydrogen (secondary N) is 2. The molecule has 0 saturated heterocycles. The third kappa shape index (κ3) is 5.84. The second kappa shape index (κ2) is 7.90. The average Bonchev–Trinajstić information content (AvgIpc) is 2.37. The molecular weight excluding hydrogens is 295 g/mol. The number of hydrogen-bond acceptors (Lipinski definition) is 2. The molecule has 0 bridgehead atoms. The van der Waals surface area contributed by atoms with E-state index >= 15 is 0 Å². The van der Waals surface area contributed by atoms with Crippen LogP contribution in [0.15, 0.2) is 30.3 Å². The minimum atomic E-state index is -0.170. The summed E-state index contributed by atoms with van der Waals surface area (Å²) < 4.78 is 1.28. The van der Waals surface area contributed by atoms with Crippen molar-refractivity contribution in [3.63, 3.8) is 0 Å². The first kappa shape index (κ1) is 14.7. The summed E-state index contributed by atoms with van der Waals surface area (Å²) >= 11 is 0.306. The molecule has 0 aliphatic heterocycles. The van der Waals surface area contributed by atoms with Crippen molar-refractivity contribution >= 4 is 31.2 Å². The van der Waals surface area contributed by atoms with Crippen LogP contribution in [0.25, 0.3) is 0 Å². The molecule has 0 radical (unpaired) electrons. The van der Waals surface area contributed by atoms with Gasteiger partial charge in [0.05, 0.1) is 0 Å². The van der Waals surface area contributed by atoms with E-state index in [0.717, 1.165) is 5.32 Å². The number of hydrazine groups is 1. The first-order valence-electron chi connectivity index (χ1n) is 5.86. The van der Waals surface area contributed by atoms with Crippen molar-refractivity contribution in [3.8, 4) is 0 Å². The van der Waals surface area contributed by atoms with E-state index in [2.05, 4.69) is 23.0 Å². The van der Waals surface area contributed by atoms with Crippen LogP contribution in [0.2, 0.25) is 5.32 Å². The Morgan fingerprint density at radius 2 is 1.83 bits per heavy atom. The van der Waals surface area contributed by atoms with Crippen LogP contribution in [0.5, 0.6) is 0 Å². The molecule has 0 fully saturated rings. The molecule has 1 rings (SSSR count). The van der Waals surface area contributed by atoms with Crippen LogP contribution >= 0.6 is 0 Å². The van der Waals surface area contributed by atoms with Crippen LogP contribution < -0.4 is 15.3 Å². The number of rotatable bonds is 5. The number of carbonyl (C=O) groups is 2. The Kier molecular flexibility index (Phi) is 6.47. The molecule has 18 heavy (non-hydrogen) atoms. The maximum atomic E-state index is 11.4. The van der Waals surface area contributed by atoms with E-state index in [0.29, 0.717) is 21.4 Å².